The van der Waals surface area contributed by atoms with Crippen molar-refractivity contribution in [2.75, 3.05) is 6.54 Å². The lowest BCUT2D eigenvalue weighted by Gasteiger charge is -2.11. The number of nitrogens with one attached hydrogen (secondary N) is 1. The van der Waals surface area contributed by atoms with Gasteiger partial charge < -0.3 is 0 Å². The van der Waals surface area contributed by atoms with Crippen LogP contribution in [-0.4, -0.2) is 23.4 Å². The largest absolute Gasteiger partial charge is 0.240 e. The molecule has 2 aromatic carbocycles. The first-order chi connectivity index (χ1) is 12.1. The lowest BCUT2D eigenvalue weighted by molar-refractivity contribution is 0.581. The van der Waals surface area contributed by atoms with E-state index in [9.17, 15) is 16.8 Å². The van der Waals surface area contributed by atoms with Gasteiger partial charge in [0.1, 0.15) is 0 Å². The van der Waals surface area contributed by atoms with Crippen molar-refractivity contribution in [2.24, 2.45) is 5.14 Å². The number of rotatable bonds is 8. The summed E-state index contributed by atoms with van der Waals surface area (Å²) in [5.74, 6) is 0.389. The molecule has 0 spiro atoms. The molecule has 8 heteroatoms. The van der Waals surface area contributed by atoms with Crippen molar-refractivity contribution in [3.63, 3.8) is 0 Å². The minimum absolute atomic E-state index is 0.0308. The van der Waals surface area contributed by atoms with Gasteiger partial charge in [0, 0.05) is 6.54 Å². The van der Waals surface area contributed by atoms with Gasteiger partial charge in [0.25, 0.3) is 0 Å². The van der Waals surface area contributed by atoms with Crippen LogP contribution < -0.4 is 9.86 Å². The SMILES string of the molecule is CCC(C)c1ccc(S(=O)(=O)NCCc2ccc(S(N)(=O)=O)cc2)cc1. The number of primary sulfonamides is 1. The second kappa shape index (κ2) is 8.30. The van der Waals surface area contributed by atoms with Crippen molar-refractivity contribution in [3.05, 3.63) is 59.7 Å². The molecule has 0 aromatic heterocycles. The van der Waals surface area contributed by atoms with Gasteiger partial charge in [-0.05, 0) is 54.2 Å². The van der Waals surface area contributed by atoms with Gasteiger partial charge in [-0.25, -0.2) is 26.7 Å². The highest BCUT2D eigenvalue weighted by atomic mass is 32.2. The van der Waals surface area contributed by atoms with Crippen LogP contribution in [0.15, 0.2) is 58.3 Å². The quantitative estimate of drug-likeness (QED) is 0.714. The Labute approximate surface area is 155 Å². The molecule has 6 nitrogen and oxygen atoms in total. The van der Waals surface area contributed by atoms with Crippen LogP contribution in [0, 0.1) is 0 Å². The smallest absolute Gasteiger partial charge is 0.225 e. The molecule has 0 aliphatic heterocycles. The molecule has 2 aromatic rings. The Balaban J connectivity index is 1.98. The molecule has 0 saturated carbocycles. The number of benzene rings is 2. The van der Waals surface area contributed by atoms with Gasteiger partial charge in [-0.2, -0.15) is 0 Å². The Bertz CT molecular complexity index is 936. The molecule has 0 radical (unpaired) electrons. The topological polar surface area (TPSA) is 106 Å². The van der Waals surface area contributed by atoms with Gasteiger partial charge in [-0.3, -0.25) is 0 Å². The average Bonchev–Trinajstić information content (AvgIpc) is 2.60. The molecule has 0 bridgehead atoms. The monoisotopic (exact) mass is 396 g/mol. The van der Waals surface area contributed by atoms with E-state index in [1.54, 1.807) is 24.3 Å². The van der Waals surface area contributed by atoms with E-state index in [1.165, 1.54) is 12.1 Å². The Morgan fingerprint density at radius 1 is 0.923 bits per heavy atom. The van der Waals surface area contributed by atoms with E-state index in [2.05, 4.69) is 18.6 Å². The maximum atomic E-state index is 12.4. The summed E-state index contributed by atoms with van der Waals surface area (Å²) in [6.45, 7) is 4.40. The first kappa shape index (κ1) is 20.6. The summed E-state index contributed by atoms with van der Waals surface area (Å²) in [6.07, 6.45) is 1.43. The molecule has 3 N–H and O–H groups in total. The molecule has 0 heterocycles. The number of hydrogen-bond donors (Lipinski definition) is 2. The lowest BCUT2D eigenvalue weighted by atomic mass is 9.99. The van der Waals surface area contributed by atoms with Gasteiger partial charge in [0.15, 0.2) is 0 Å². The molecule has 1 unspecified atom stereocenters. The van der Waals surface area contributed by atoms with Gasteiger partial charge in [-0.1, -0.05) is 38.1 Å². The van der Waals surface area contributed by atoms with Crippen LogP contribution >= 0.6 is 0 Å². The highest BCUT2D eigenvalue weighted by molar-refractivity contribution is 7.89. The average molecular weight is 397 g/mol. The van der Waals surface area contributed by atoms with Crippen LogP contribution in [0.1, 0.15) is 37.3 Å². The van der Waals surface area contributed by atoms with Crippen molar-refractivity contribution in [1.29, 1.82) is 0 Å². The van der Waals surface area contributed by atoms with E-state index in [-0.39, 0.29) is 16.3 Å². The molecule has 0 saturated heterocycles. The van der Waals surface area contributed by atoms with Crippen molar-refractivity contribution < 1.29 is 16.8 Å². The zero-order chi connectivity index (χ0) is 19.4. The van der Waals surface area contributed by atoms with Gasteiger partial charge in [-0.15, -0.1) is 0 Å². The highest BCUT2D eigenvalue weighted by Gasteiger charge is 2.14. The van der Waals surface area contributed by atoms with E-state index in [4.69, 9.17) is 5.14 Å². The summed E-state index contributed by atoms with van der Waals surface area (Å²) < 4.78 is 49.7. The van der Waals surface area contributed by atoms with Crippen LogP contribution in [-0.2, 0) is 26.5 Å². The molecule has 1 atom stereocenters. The molecule has 0 aliphatic carbocycles. The predicted octanol–water partition coefficient (Wildman–Crippen LogP) is 2.37. The summed E-state index contributed by atoms with van der Waals surface area (Å²) in [6, 6.07) is 13.0. The fraction of sp³-hybridized carbons (Fsp3) is 0.333. The Morgan fingerprint density at radius 2 is 1.46 bits per heavy atom. The number of nitrogens with two attached hydrogens (primary N) is 1. The summed E-state index contributed by atoms with van der Waals surface area (Å²) >= 11 is 0. The second-order valence-electron chi connectivity index (χ2n) is 6.22. The Morgan fingerprint density at radius 3 is 1.96 bits per heavy atom. The Hall–Kier alpha value is -1.74. The standard InChI is InChI=1S/C18H24N2O4S2/c1-3-14(2)16-6-10-18(11-7-16)26(23,24)20-13-12-15-4-8-17(9-5-15)25(19,21)22/h4-11,14,20H,3,12-13H2,1-2H3,(H2,19,21,22). The van der Waals surface area contributed by atoms with Crippen molar-refractivity contribution in [1.82, 2.24) is 4.72 Å². The van der Waals surface area contributed by atoms with E-state index in [0.29, 0.717) is 12.3 Å². The zero-order valence-electron chi connectivity index (χ0n) is 14.8. The highest BCUT2D eigenvalue weighted by Crippen LogP contribution is 2.20. The molecular weight excluding hydrogens is 372 g/mol. The first-order valence-corrected chi connectivity index (χ1v) is 11.4. The van der Waals surface area contributed by atoms with Crippen LogP contribution in [0.4, 0.5) is 0 Å². The van der Waals surface area contributed by atoms with E-state index in [1.807, 2.05) is 12.1 Å². The van der Waals surface area contributed by atoms with Crippen molar-refractivity contribution in [2.45, 2.75) is 42.4 Å². The maximum Gasteiger partial charge on any atom is 0.240 e. The van der Waals surface area contributed by atoms with Gasteiger partial charge in [0.05, 0.1) is 9.79 Å². The number of sulfonamides is 2. The predicted molar refractivity (Wildman–Crippen MR) is 102 cm³/mol. The summed E-state index contributed by atoms with van der Waals surface area (Å²) in [4.78, 5) is 0.261. The second-order valence-corrected chi connectivity index (χ2v) is 9.54. The molecule has 0 fully saturated rings. The Kier molecular flexibility index (Phi) is 6.57. The lowest BCUT2D eigenvalue weighted by Crippen LogP contribution is -2.26. The normalized spacial score (nSPS) is 13.5. The van der Waals surface area contributed by atoms with E-state index in [0.717, 1.165) is 17.5 Å². The summed E-state index contributed by atoms with van der Waals surface area (Å²) in [7, 11) is -7.30. The third kappa shape index (κ3) is 5.38. The molecule has 0 amide bonds. The molecular formula is C18H24N2O4S2. The molecule has 0 aliphatic rings. The number of hydrogen-bond acceptors (Lipinski definition) is 4. The third-order valence-electron chi connectivity index (χ3n) is 4.33. The minimum Gasteiger partial charge on any atom is -0.225 e. The van der Waals surface area contributed by atoms with E-state index < -0.39 is 20.0 Å². The van der Waals surface area contributed by atoms with Crippen LogP contribution in [0.5, 0.6) is 0 Å². The van der Waals surface area contributed by atoms with Crippen LogP contribution in [0.3, 0.4) is 0 Å². The maximum absolute atomic E-state index is 12.4. The van der Waals surface area contributed by atoms with Crippen molar-refractivity contribution >= 4 is 20.0 Å². The molecule has 26 heavy (non-hydrogen) atoms. The molecule has 2 rings (SSSR count). The van der Waals surface area contributed by atoms with Gasteiger partial charge >= 0.3 is 0 Å². The molecule has 142 valence electrons. The van der Waals surface area contributed by atoms with Crippen molar-refractivity contribution in [3.8, 4) is 0 Å². The first-order valence-electron chi connectivity index (χ1n) is 8.35. The van der Waals surface area contributed by atoms with Gasteiger partial charge in [0.2, 0.25) is 20.0 Å². The summed E-state index contributed by atoms with van der Waals surface area (Å²) in [5, 5.41) is 5.05. The van der Waals surface area contributed by atoms with E-state index >= 15 is 0 Å². The zero-order valence-corrected chi connectivity index (χ0v) is 16.5. The fourth-order valence-electron chi connectivity index (χ4n) is 2.47. The fourth-order valence-corrected chi connectivity index (χ4v) is 4.02. The third-order valence-corrected chi connectivity index (χ3v) is 6.74. The summed E-state index contributed by atoms with van der Waals surface area (Å²) in [5.41, 5.74) is 1.92. The van der Waals surface area contributed by atoms with Crippen LogP contribution in [0.25, 0.3) is 0 Å². The minimum atomic E-state index is -3.72. The van der Waals surface area contributed by atoms with Crippen LogP contribution in [0.2, 0.25) is 0 Å².